The van der Waals surface area contributed by atoms with Gasteiger partial charge in [-0.25, -0.2) is 0 Å². The molecule has 3 radical (unpaired) electrons. The average Bonchev–Trinajstić information content (AvgIpc) is 0.820. The van der Waals surface area contributed by atoms with Crippen molar-refractivity contribution in [1.29, 1.82) is 0 Å². The van der Waals surface area contributed by atoms with Crippen LogP contribution < -0.4 is 79.1 Å². The SMILES string of the molecule is Br.C.C.CI.COc1cc(C)c2c(c1)CCN=C2.COc1cc(C)c2c(c1)CCNC2.COc1cc(C)cc(/C=C/[N+](=O)[O-])c1.COc1cc(C)cc(Br)c1.COc1cc(C)cc(C=O)c1.COc1cc(C)cc(CCN)c1.COc1cc(C)cc(CCNC=O)c1.C[N+](=O)[O-].Cc1cc(O)cc(Br)c1.O=CO.O=P(Cl)(Cl)Cl.[B].[H-].[Na+]. The molecule has 8 aromatic carbocycles. The number of carbonyl (C=O) groups is 3. The third-order valence-electron chi connectivity index (χ3n) is 14.2. The number of phenols is 1. The molecule has 0 spiro atoms. The van der Waals surface area contributed by atoms with Gasteiger partial charge in [-0.1, -0.05) is 87.5 Å². The summed E-state index contributed by atoms with van der Waals surface area (Å²) in [5.41, 5.74) is 24.1. The number of nitrogens with zero attached hydrogens (tertiary/aromatic N) is 3. The van der Waals surface area contributed by atoms with Gasteiger partial charge >= 0.3 is 34.8 Å². The molecule has 2 heterocycles. The number of hydrogen-bond donors (Lipinski definition) is 5. The number of hydrogen-bond acceptors (Lipinski definition) is 19. The second-order valence-corrected chi connectivity index (χ2v) is 31.7. The van der Waals surface area contributed by atoms with Crippen LogP contribution in [0, 0.1) is 75.6 Å². The zero-order valence-electron chi connectivity index (χ0n) is 68.2. The molecule has 0 saturated carbocycles. The molecule has 2 aliphatic rings. The Morgan fingerprint density at radius 2 is 0.965 bits per heavy atom. The molecule has 0 atom stereocenters. The van der Waals surface area contributed by atoms with Crippen LogP contribution in [-0.2, 0) is 46.4 Å². The van der Waals surface area contributed by atoms with Crippen molar-refractivity contribution in [2.45, 2.75) is 102 Å². The maximum atomic E-state index is 10.4. The molecule has 0 unspecified atom stereocenters. The first-order valence-corrected chi connectivity index (χ1v) is 41.5. The summed E-state index contributed by atoms with van der Waals surface area (Å²) in [6.07, 6.45) is 9.74. The predicted octanol–water partition coefficient (Wildman–Crippen LogP) is 17.8. The van der Waals surface area contributed by atoms with Crippen molar-refractivity contribution in [2.75, 3.05) is 87.9 Å². The van der Waals surface area contributed by atoms with Crippen LogP contribution in [0.3, 0.4) is 0 Å². The number of alkyl halides is 1. The molecular weight excluding hydrogens is 1880 g/mol. The Kier molecular flexibility index (Phi) is 75.4. The van der Waals surface area contributed by atoms with Gasteiger partial charge in [0.15, 0.2) is 7.05 Å². The molecule has 33 heteroatoms. The number of carboxylic acid groups (broad SMARTS) is 1. The Balaban J connectivity index is -0.000000186. The number of aryl methyl sites for hydroxylation is 8. The summed E-state index contributed by atoms with van der Waals surface area (Å²) < 4.78 is 47.3. The van der Waals surface area contributed by atoms with Crippen LogP contribution in [0.4, 0.5) is 0 Å². The van der Waals surface area contributed by atoms with Gasteiger partial charge in [-0.2, -0.15) is 0 Å². The number of aldehydes is 1. The maximum absolute atomic E-state index is 10.4. The number of phenolic OH excluding ortho intramolecular Hbond substituents is 1. The fourth-order valence-corrected chi connectivity index (χ4v) is 11.0. The van der Waals surface area contributed by atoms with E-state index in [1.165, 1.54) is 67.3 Å². The van der Waals surface area contributed by atoms with Gasteiger partial charge in [-0.15, -0.1) is 17.0 Å². The fourth-order valence-electron chi connectivity index (χ4n) is 9.82. The van der Waals surface area contributed by atoms with Gasteiger partial charge < -0.3 is 61.2 Å². The Morgan fingerprint density at radius 1 is 0.591 bits per heavy atom. The van der Waals surface area contributed by atoms with Crippen molar-refractivity contribution in [3.63, 3.8) is 0 Å². The molecule has 0 fully saturated rings. The van der Waals surface area contributed by atoms with E-state index in [-0.39, 0.29) is 77.7 Å². The second kappa shape index (κ2) is 71.4. The molecule has 2 aliphatic heterocycles. The van der Waals surface area contributed by atoms with Crippen molar-refractivity contribution in [3.8, 4) is 46.0 Å². The Hall–Kier alpha value is -6.77. The number of fused-ring (bicyclic) bond motifs is 2. The minimum absolute atomic E-state index is 0. The summed E-state index contributed by atoms with van der Waals surface area (Å²) in [5.74, 6) is 6.35. The first-order chi connectivity index (χ1) is 52.1. The van der Waals surface area contributed by atoms with Crippen LogP contribution in [0.15, 0.2) is 154 Å². The molecular formula is C82H113BBr3Cl3IN6NaO17P. The molecule has 6 N–H and O–H groups in total. The van der Waals surface area contributed by atoms with Gasteiger partial charge in [0, 0.05) is 59.8 Å². The van der Waals surface area contributed by atoms with Crippen LogP contribution in [0.1, 0.15) is 110 Å². The minimum atomic E-state index is -3.22. The van der Waals surface area contributed by atoms with Gasteiger partial charge in [0.2, 0.25) is 12.6 Å². The molecule has 1 amide bonds. The number of aromatic hydroxyl groups is 1. The number of halogens is 7. The van der Waals surface area contributed by atoms with E-state index in [2.05, 4.69) is 161 Å². The standard InChI is InChI=1S/C11H15NO2.C11H15NO.C11H13NO.C10H11NO3.C10H15NO.C9H10O2.C8H9BrO.C7H7BrO.CH3I.CH3NO2.CH2O2.2CH4.B.BrH.Cl3OP.Na.H/c1-9-5-10(3-4-12-8-13)7-11(6-9)14-2;2*1-8-5-10(13-2)6-9-3-4-12-7-11(8)9;1-8-5-9(3-4-11(12)13)7-10(6-8)14-2;1-8-5-9(3-4-11)7-10(6-8)12-2;1-7-3-8(6-10)5-9(4-7)11-2;1-6-3-7(9)5-8(4-6)10-2;1-5-2-6(8)4-7(9)3-5;1-2;1-2(3)4;2-1-3;;;;;1-5(2,3)4;;/h5-8H,3-4H2,1-2H3,(H,12,13);5-6,12H,3-4,7H2,1-2H3;5-7H,3-4H2,1-2H3;3-7H,1-2H3;5-7H,3-4,11H2,1-2H3;3-6H,1-2H3;3-5H,1-2H3;2-4,9H,1H3;1H3;1H3;1H,(H,2,3);2*1H4;;1H;;;/q;;;;;;;;;;;;;;;;+1;-1/b;;;4-3+;;;;;;;;;;;;;;. The largest absolute Gasteiger partial charge is 1.00 e. The van der Waals surface area contributed by atoms with Crippen molar-refractivity contribution >= 4 is 150 Å². The molecule has 0 aliphatic carbocycles. The monoisotopic (exact) mass is 1990 g/mol. The quantitative estimate of drug-likeness (QED) is 0.00877. The smallest absolute Gasteiger partial charge is 1.00 e. The van der Waals surface area contributed by atoms with E-state index < -0.39 is 15.0 Å². The van der Waals surface area contributed by atoms with Crippen LogP contribution in [-0.4, -0.2) is 142 Å². The van der Waals surface area contributed by atoms with Crippen LogP contribution in [0.2, 0.25) is 0 Å². The third kappa shape index (κ3) is 60.4. The van der Waals surface area contributed by atoms with Crippen LogP contribution >= 0.6 is 110 Å². The van der Waals surface area contributed by atoms with Crippen molar-refractivity contribution in [3.05, 3.63) is 258 Å². The van der Waals surface area contributed by atoms with Crippen molar-refractivity contribution in [2.24, 2.45) is 10.7 Å². The van der Waals surface area contributed by atoms with Gasteiger partial charge in [0.05, 0.1) is 54.7 Å². The number of rotatable bonds is 16. The number of benzene rings is 8. The van der Waals surface area contributed by atoms with Crippen LogP contribution in [0.5, 0.6) is 46.0 Å². The summed E-state index contributed by atoms with van der Waals surface area (Å²) in [5, 5.41) is 37.5. The predicted molar refractivity (Wildman–Crippen MR) is 493 cm³/mol. The first-order valence-electron chi connectivity index (χ1n) is 33.4. The molecule has 631 valence electrons. The average molecular weight is 1990 g/mol. The molecule has 23 nitrogen and oxygen atoms in total. The molecule has 0 saturated heterocycles. The molecule has 10 rings (SSSR count). The van der Waals surface area contributed by atoms with E-state index in [0.29, 0.717) is 36.6 Å². The number of aliphatic imine (C=N–C) groups is 1. The number of amides is 1. The fraction of sp³-hybridized carbons (Fsp3) is 0.341. The summed E-state index contributed by atoms with van der Waals surface area (Å²) >= 11 is 22.6. The summed E-state index contributed by atoms with van der Waals surface area (Å²) in [6, 6.07) is 42.8. The Labute approximate surface area is 761 Å². The molecule has 115 heavy (non-hydrogen) atoms. The number of ether oxygens (including phenoxy) is 7. The summed E-state index contributed by atoms with van der Waals surface area (Å²) in [6.45, 7) is 20.2. The zero-order valence-corrected chi connectivity index (χ0v) is 79.4. The normalized spacial score (nSPS) is 10.1. The first kappa shape index (κ1) is 121. The number of methoxy groups -OCH3 is 7. The van der Waals surface area contributed by atoms with Gasteiger partial charge in [0.1, 0.15) is 52.3 Å². The Bertz CT molecular complexity index is 4140. The molecule has 8 aromatic rings. The molecule has 0 bridgehead atoms. The van der Waals surface area contributed by atoms with E-state index in [1.54, 1.807) is 74.0 Å². The number of nitrogens with one attached hydrogen (secondary N) is 2. The van der Waals surface area contributed by atoms with Gasteiger partial charge in [0.25, 0.3) is 6.47 Å². The number of nitrogens with two attached hydrogens (primary N) is 1. The number of carbonyl (C=O) groups excluding carboxylic acids is 2. The molecule has 0 aromatic heterocycles. The van der Waals surface area contributed by atoms with Crippen molar-refractivity contribution in [1.82, 2.24) is 10.6 Å². The van der Waals surface area contributed by atoms with E-state index >= 15 is 0 Å². The van der Waals surface area contributed by atoms with Crippen LogP contribution in [0.25, 0.3) is 6.08 Å². The van der Waals surface area contributed by atoms with E-state index in [1.807, 2.05) is 119 Å². The summed E-state index contributed by atoms with van der Waals surface area (Å²) in [4.78, 5) is 52.9. The Morgan fingerprint density at radius 3 is 1.37 bits per heavy atom. The third-order valence-corrected chi connectivity index (χ3v) is 15.2. The van der Waals surface area contributed by atoms with E-state index in [0.717, 1.165) is 131 Å². The van der Waals surface area contributed by atoms with Gasteiger partial charge in [-0.3, -0.25) is 44.2 Å². The minimum Gasteiger partial charge on any atom is -1.00 e. The zero-order chi connectivity index (χ0) is 83.9. The second-order valence-electron chi connectivity index (χ2n) is 23.3. The van der Waals surface area contributed by atoms with E-state index in [4.69, 9.17) is 64.0 Å². The van der Waals surface area contributed by atoms with Crippen molar-refractivity contribution < 1.29 is 103 Å². The maximum Gasteiger partial charge on any atom is 1.00 e. The summed E-state index contributed by atoms with van der Waals surface area (Å²) in [7, 11) is 12.5. The van der Waals surface area contributed by atoms with E-state index in [9.17, 15) is 24.3 Å². The van der Waals surface area contributed by atoms with Gasteiger partial charge in [-0.05, 0) is 332 Å². The topological polar surface area (TPSA) is 322 Å². The number of nitro groups is 2.